The summed E-state index contributed by atoms with van der Waals surface area (Å²) in [4.78, 5) is 117. The van der Waals surface area contributed by atoms with Gasteiger partial charge in [0.2, 0.25) is 47.3 Å². The molecular weight excluding hydrogens is 913 g/mol. The monoisotopic (exact) mass is 968 g/mol. The van der Waals surface area contributed by atoms with Crippen LogP contribution >= 0.6 is 22.7 Å². The third-order valence-corrected chi connectivity index (χ3v) is 14.6. The van der Waals surface area contributed by atoms with Gasteiger partial charge in [-0.1, -0.05) is 49.7 Å². The highest BCUT2D eigenvalue weighted by Gasteiger charge is 2.45. The SMILES string of the molecule is CCC(C)[C@@H]1NC(=O)[C@H](CC(N)=O)NC(=O)CCC(=O)NCCCC[C@@H](C(N)=O)NC(=O)[C@H](Cc2c[nH]c3ccccc23)NC(=O)[C@@H]2C[C@H](n3cc(-c4ccc(-c5cccs5)s4)nn3)CN2C1=O. The molecule has 0 bridgehead atoms. The van der Waals surface area contributed by atoms with E-state index in [1.165, 1.54) is 4.90 Å². The molecule has 2 aliphatic rings. The first-order valence-corrected chi connectivity index (χ1v) is 24.3. The largest absolute Gasteiger partial charge is 0.370 e. The summed E-state index contributed by atoms with van der Waals surface area (Å²) >= 11 is 3.17. The van der Waals surface area contributed by atoms with Crippen LogP contribution in [0.4, 0.5) is 0 Å². The zero-order valence-corrected chi connectivity index (χ0v) is 39.3. The number of carbonyl (C=O) groups is 8. The van der Waals surface area contributed by atoms with Gasteiger partial charge in [0.05, 0.1) is 23.5 Å². The maximum absolute atomic E-state index is 15.0. The van der Waals surface area contributed by atoms with E-state index in [4.69, 9.17) is 11.5 Å². The van der Waals surface area contributed by atoms with E-state index in [0.29, 0.717) is 30.5 Å². The van der Waals surface area contributed by atoms with E-state index in [-0.39, 0.29) is 45.2 Å². The average molecular weight is 969 g/mol. The number of rotatable bonds is 10. The van der Waals surface area contributed by atoms with E-state index in [9.17, 15) is 33.6 Å². The van der Waals surface area contributed by atoms with Gasteiger partial charge in [-0.3, -0.25) is 38.4 Å². The normalized spacial score (nSPS) is 23.5. The van der Waals surface area contributed by atoms with Gasteiger partial charge in [0.1, 0.15) is 35.9 Å². The van der Waals surface area contributed by atoms with E-state index >= 15 is 4.79 Å². The number of amides is 8. The maximum Gasteiger partial charge on any atom is 0.246 e. The molecule has 2 aliphatic heterocycles. The minimum Gasteiger partial charge on any atom is -0.370 e. The Labute approximate surface area is 399 Å². The third-order valence-electron chi connectivity index (χ3n) is 12.4. The molecule has 5 aromatic rings. The molecule has 7 rings (SSSR count). The van der Waals surface area contributed by atoms with Crippen molar-refractivity contribution in [2.45, 2.75) is 108 Å². The van der Waals surface area contributed by atoms with Crippen molar-refractivity contribution in [3.05, 3.63) is 71.9 Å². The summed E-state index contributed by atoms with van der Waals surface area (Å²) in [7, 11) is 0. The summed E-state index contributed by atoms with van der Waals surface area (Å²) in [6.07, 6.45) is 3.63. The number of H-pyrrole nitrogens is 1. The second kappa shape index (κ2) is 22.2. The van der Waals surface area contributed by atoms with Crippen LogP contribution in [-0.4, -0.2) is 115 Å². The van der Waals surface area contributed by atoms with Gasteiger partial charge < -0.3 is 47.9 Å². The smallest absolute Gasteiger partial charge is 0.246 e. The Morgan fingerprint density at radius 1 is 0.853 bits per heavy atom. The second-order valence-corrected chi connectivity index (χ2v) is 19.2. The summed E-state index contributed by atoms with van der Waals surface area (Å²) in [6, 6.07) is 8.47. The third kappa shape index (κ3) is 12.0. The molecule has 0 radical (unpaired) electrons. The highest BCUT2D eigenvalue weighted by Crippen LogP contribution is 2.37. The summed E-state index contributed by atoms with van der Waals surface area (Å²) < 4.78 is 1.60. The fourth-order valence-electron chi connectivity index (χ4n) is 8.46. The fraction of sp³-hybridized carbons (Fsp3) is 0.435. The molecule has 360 valence electrons. The molecule has 0 aliphatic carbocycles. The Balaban J connectivity index is 1.24. The highest BCUT2D eigenvalue weighted by atomic mass is 32.1. The minimum absolute atomic E-state index is 0.0115. The molecule has 2 saturated heterocycles. The topological polar surface area (TPSA) is 298 Å². The molecule has 1 unspecified atom stereocenters. The van der Waals surface area contributed by atoms with Crippen molar-refractivity contribution >= 4 is 80.8 Å². The number of nitrogens with one attached hydrogen (secondary N) is 6. The maximum atomic E-state index is 15.0. The molecule has 6 heterocycles. The molecule has 68 heavy (non-hydrogen) atoms. The van der Waals surface area contributed by atoms with Crippen LogP contribution in [0, 0.1) is 5.92 Å². The summed E-state index contributed by atoms with van der Waals surface area (Å²) in [5.74, 6) is -6.25. The van der Waals surface area contributed by atoms with Gasteiger partial charge in [-0.2, -0.15) is 0 Å². The molecule has 0 spiro atoms. The van der Waals surface area contributed by atoms with E-state index in [1.807, 2.05) is 60.8 Å². The van der Waals surface area contributed by atoms with Crippen LogP contribution in [0.5, 0.6) is 0 Å². The molecule has 22 heteroatoms. The first-order valence-electron chi connectivity index (χ1n) is 22.6. The van der Waals surface area contributed by atoms with Gasteiger partial charge in [-0.25, -0.2) is 4.68 Å². The summed E-state index contributed by atoms with van der Waals surface area (Å²) in [6.45, 7) is 3.69. The molecule has 1 aromatic carbocycles. The van der Waals surface area contributed by atoms with Crippen molar-refractivity contribution in [3.63, 3.8) is 0 Å². The number of aromatic amines is 1. The van der Waals surface area contributed by atoms with E-state index in [1.54, 1.807) is 46.7 Å². The standard InChI is InChI=1S/C46H56N12O8S2/c1-3-25(2)41-46(66)57-23-27(58-24-33(55-56-58)35-13-14-37(68-35)36-12-8-18-67-36)20-34(57)45(65)53-31(19-26-22-50-29-10-5-4-9-28(26)29)43(63)52-30(42(48)62)11-6-7-17-49-39(60)15-16-40(61)51-32(21-38(47)59)44(64)54-41/h4-5,8-10,12-14,18,22,24-25,27,30-32,34,41,50H,3,6-7,11,15-17,19-21,23H2,1-2H3,(H2,47,59)(H2,48,62)(H,49,60)(H,51,61)(H,52,63)(H,53,65)(H,54,64)/t25?,27-,30-,31-,32-,34-,41-/m0/s1. The average Bonchev–Trinajstić information content (AvgIpc) is 4.18. The molecule has 0 saturated carbocycles. The Bertz CT molecular complexity index is 2640. The predicted molar refractivity (Wildman–Crippen MR) is 254 cm³/mol. The van der Waals surface area contributed by atoms with Crippen molar-refractivity contribution in [1.82, 2.24) is 51.5 Å². The number of nitrogens with two attached hydrogens (primary N) is 2. The fourth-order valence-corrected chi connectivity index (χ4v) is 10.2. The molecule has 7 atom stereocenters. The van der Waals surface area contributed by atoms with Gasteiger partial charge in [0.15, 0.2) is 0 Å². The zero-order valence-electron chi connectivity index (χ0n) is 37.7. The van der Waals surface area contributed by atoms with Crippen molar-refractivity contribution < 1.29 is 38.4 Å². The van der Waals surface area contributed by atoms with Gasteiger partial charge in [0, 0.05) is 65.6 Å². The number of primary amides is 2. The zero-order chi connectivity index (χ0) is 48.5. The van der Waals surface area contributed by atoms with E-state index in [2.05, 4.69) is 41.9 Å². The summed E-state index contributed by atoms with van der Waals surface area (Å²) in [5.41, 5.74) is 13.4. The number of hydrogen-bond donors (Lipinski definition) is 8. The van der Waals surface area contributed by atoms with Crippen molar-refractivity contribution in [2.75, 3.05) is 13.1 Å². The lowest BCUT2D eigenvalue weighted by atomic mass is 9.96. The number of thiophene rings is 2. The Kier molecular flexibility index (Phi) is 16.0. The predicted octanol–water partition coefficient (Wildman–Crippen LogP) is 2.03. The van der Waals surface area contributed by atoms with Crippen molar-refractivity contribution in [1.29, 1.82) is 0 Å². The van der Waals surface area contributed by atoms with Crippen molar-refractivity contribution in [2.24, 2.45) is 17.4 Å². The molecule has 10 N–H and O–H groups in total. The van der Waals surface area contributed by atoms with Crippen LogP contribution < -0.4 is 38.1 Å². The molecular formula is C46H56N12O8S2. The van der Waals surface area contributed by atoms with E-state index in [0.717, 1.165) is 25.5 Å². The van der Waals surface area contributed by atoms with Gasteiger partial charge in [-0.15, -0.1) is 27.8 Å². The number of carbonyl (C=O) groups excluding carboxylic acids is 8. The first kappa shape index (κ1) is 49.0. The quantitative estimate of drug-likeness (QED) is 0.101. The first-order chi connectivity index (χ1) is 32.7. The van der Waals surface area contributed by atoms with Crippen LogP contribution in [0.2, 0.25) is 0 Å². The van der Waals surface area contributed by atoms with Crippen LogP contribution in [0.25, 0.3) is 31.2 Å². The number of benzene rings is 1. The number of fused-ring (bicyclic) bond motifs is 2. The molecule has 8 amide bonds. The van der Waals surface area contributed by atoms with Crippen LogP contribution in [-0.2, 0) is 44.8 Å². The van der Waals surface area contributed by atoms with Crippen molar-refractivity contribution in [3.8, 4) is 20.3 Å². The Hall–Kier alpha value is -6.94. The minimum atomic E-state index is -1.48. The number of hydrogen-bond acceptors (Lipinski definition) is 12. The number of nitrogens with zero attached hydrogens (tertiary/aromatic N) is 4. The van der Waals surface area contributed by atoms with E-state index < -0.39 is 95.8 Å². The Morgan fingerprint density at radius 2 is 1.62 bits per heavy atom. The van der Waals surface area contributed by atoms with Crippen LogP contribution in [0.1, 0.15) is 76.8 Å². The Morgan fingerprint density at radius 3 is 2.37 bits per heavy atom. The van der Waals surface area contributed by atoms with Crippen LogP contribution in [0.15, 0.2) is 66.3 Å². The number of para-hydroxylation sites is 1. The van der Waals surface area contributed by atoms with Gasteiger partial charge in [0.25, 0.3) is 0 Å². The molecule has 4 aromatic heterocycles. The van der Waals surface area contributed by atoms with Gasteiger partial charge in [-0.05, 0) is 60.4 Å². The number of aromatic nitrogens is 4. The van der Waals surface area contributed by atoms with Crippen LogP contribution in [0.3, 0.4) is 0 Å². The summed E-state index contributed by atoms with van der Waals surface area (Å²) in [5, 5.41) is 25.3. The lowest BCUT2D eigenvalue weighted by molar-refractivity contribution is -0.143. The lowest BCUT2D eigenvalue weighted by Crippen LogP contribution is -2.60. The van der Waals surface area contributed by atoms with Gasteiger partial charge >= 0.3 is 0 Å². The highest BCUT2D eigenvalue weighted by molar-refractivity contribution is 7.23. The second-order valence-electron chi connectivity index (χ2n) is 17.2. The molecule has 2 fully saturated rings. The molecule has 20 nitrogen and oxygen atoms in total. The lowest BCUT2D eigenvalue weighted by Gasteiger charge is -2.32.